The van der Waals surface area contributed by atoms with E-state index in [9.17, 15) is 10.1 Å². The van der Waals surface area contributed by atoms with E-state index in [0.717, 1.165) is 0 Å². The molecule has 0 aliphatic carbocycles. The van der Waals surface area contributed by atoms with Gasteiger partial charge >= 0.3 is 7.12 Å². The fourth-order valence-electron chi connectivity index (χ4n) is 1.39. The third-order valence-electron chi connectivity index (χ3n) is 2.29. The van der Waals surface area contributed by atoms with Crippen molar-refractivity contribution in [3.05, 3.63) is 45.7 Å². The largest absolute Gasteiger partial charge is 0.491 e. The normalized spacial score (nSPS) is 10.4. The molecule has 1 aromatic heterocycles. The molecule has 7 nitrogen and oxygen atoms in total. The molecule has 0 atom stereocenters. The summed E-state index contributed by atoms with van der Waals surface area (Å²) in [6.45, 7) is 0. The summed E-state index contributed by atoms with van der Waals surface area (Å²) in [7, 11) is -1.66. The van der Waals surface area contributed by atoms with Crippen molar-refractivity contribution in [3.8, 4) is 5.69 Å². The first-order valence-electron chi connectivity index (χ1n) is 4.84. The smallest absolute Gasteiger partial charge is 0.423 e. The summed E-state index contributed by atoms with van der Waals surface area (Å²) >= 11 is 5.92. The van der Waals surface area contributed by atoms with Crippen LogP contribution in [-0.4, -0.2) is 31.9 Å². The van der Waals surface area contributed by atoms with E-state index in [-0.39, 0.29) is 21.9 Å². The van der Waals surface area contributed by atoms with Gasteiger partial charge in [-0.05, 0) is 6.07 Å². The number of halogens is 1. The maximum absolute atomic E-state index is 10.7. The molecule has 18 heavy (non-hydrogen) atoms. The Morgan fingerprint density at radius 2 is 2.17 bits per heavy atom. The van der Waals surface area contributed by atoms with Crippen molar-refractivity contribution >= 4 is 29.9 Å². The lowest BCUT2D eigenvalue weighted by Gasteiger charge is -2.03. The minimum atomic E-state index is -1.66. The fourth-order valence-corrected chi connectivity index (χ4v) is 1.60. The van der Waals surface area contributed by atoms with E-state index in [0.29, 0.717) is 0 Å². The Morgan fingerprint density at radius 1 is 1.44 bits per heavy atom. The number of nitro groups is 1. The molecular weight excluding hydrogens is 260 g/mol. The van der Waals surface area contributed by atoms with Gasteiger partial charge in [-0.25, -0.2) is 4.68 Å². The number of nitro benzene ring substituents is 1. The number of benzene rings is 1. The Labute approximate surface area is 107 Å². The van der Waals surface area contributed by atoms with Gasteiger partial charge in [0.2, 0.25) is 0 Å². The third-order valence-corrected chi connectivity index (χ3v) is 2.61. The average Bonchev–Trinajstić information content (AvgIpc) is 2.78. The van der Waals surface area contributed by atoms with Gasteiger partial charge in [0.15, 0.2) is 0 Å². The minimum Gasteiger partial charge on any atom is -0.423 e. The lowest BCUT2D eigenvalue weighted by Crippen LogP contribution is -2.28. The van der Waals surface area contributed by atoms with Crippen LogP contribution >= 0.6 is 11.6 Å². The van der Waals surface area contributed by atoms with E-state index < -0.39 is 12.0 Å². The van der Waals surface area contributed by atoms with Crippen LogP contribution < -0.4 is 5.46 Å². The van der Waals surface area contributed by atoms with E-state index in [1.165, 1.54) is 35.3 Å². The molecule has 2 rings (SSSR count). The Morgan fingerprint density at radius 3 is 2.72 bits per heavy atom. The van der Waals surface area contributed by atoms with Gasteiger partial charge in [-0.2, -0.15) is 5.10 Å². The average molecular weight is 267 g/mol. The van der Waals surface area contributed by atoms with Gasteiger partial charge < -0.3 is 10.0 Å². The molecule has 0 amide bonds. The van der Waals surface area contributed by atoms with Crippen LogP contribution in [0.25, 0.3) is 5.69 Å². The summed E-state index contributed by atoms with van der Waals surface area (Å²) in [6.07, 6.45) is 2.56. The van der Waals surface area contributed by atoms with Crippen LogP contribution in [0, 0.1) is 10.1 Å². The highest BCUT2D eigenvalue weighted by Crippen LogP contribution is 2.24. The SMILES string of the molecule is O=[N+]([O-])c1ccc(Cl)c(-n2cc(B(O)O)cn2)c1. The highest BCUT2D eigenvalue weighted by Gasteiger charge is 2.16. The molecule has 0 bridgehead atoms. The lowest BCUT2D eigenvalue weighted by molar-refractivity contribution is -0.384. The Bertz CT molecular complexity index is 601. The molecule has 1 heterocycles. The molecule has 0 unspecified atom stereocenters. The third kappa shape index (κ3) is 2.35. The van der Waals surface area contributed by atoms with Gasteiger partial charge in [0, 0.05) is 30.0 Å². The Hall–Kier alpha value is -1.90. The summed E-state index contributed by atoms with van der Waals surface area (Å²) in [4.78, 5) is 10.1. The van der Waals surface area contributed by atoms with Gasteiger partial charge in [-0.1, -0.05) is 11.6 Å². The molecule has 0 saturated heterocycles. The summed E-state index contributed by atoms with van der Waals surface area (Å²) in [6, 6.07) is 3.91. The van der Waals surface area contributed by atoms with Crippen molar-refractivity contribution in [2.45, 2.75) is 0 Å². The number of rotatable bonds is 3. The second kappa shape index (κ2) is 4.77. The highest BCUT2D eigenvalue weighted by molar-refractivity contribution is 6.58. The van der Waals surface area contributed by atoms with E-state index in [4.69, 9.17) is 21.6 Å². The number of aromatic nitrogens is 2. The molecule has 0 fully saturated rings. The van der Waals surface area contributed by atoms with Crippen LogP contribution in [0.15, 0.2) is 30.6 Å². The minimum absolute atomic E-state index is 0.129. The van der Waals surface area contributed by atoms with Gasteiger partial charge in [0.25, 0.3) is 5.69 Å². The topological polar surface area (TPSA) is 101 Å². The fraction of sp³-hybridized carbons (Fsp3) is 0. The van der Waals surface area contributed by atoms with Crippen LogP contribution in [0.5, 0.6) is 0 Å². The molecular formula is C9H7BClN3O4. The molecule has 0 aliphatic heterocycles. The molecule has 0 spiro atoms. The van der Waals surface area contributed by atoms with E-state index in [1.54, 1.807) is 0 Å². The molecule has 9 heteroatoms. The molecule has 0 aliphatic rings. The predicted octanol–water partition coefficient (Wildman–Crippen LogP) is 0.114. The van der Waals surface area contributed by atoms with Crippen molar-refractivity contribution in [3.63, 3.8) is 0 Å². The van der Waals surface area contributed by atoms with Crippen molar-refractivity contribution in [1.82, 2.24) is 9.78 Å². The Balaban J connectivity index is 2.48. The monoisotopic (exact) mass is 267 g/mol. The second-order valence-electron chi connectivity index (χ2n) is 3.48. The van der Waals surface area contributed by atoms with E-state index >= 15 is 0 Å². The van der Waals surface area contributed by atoms with Gasteiger partial charge in [-0.15, -0.1) is 0 Å². The molecule has 1 aromatic carbocycles. The second-order valence-corrected chi connectivity index (χ2v) is 3.89. The summed E-state index contributed by atoms with van der Waals surface area (Å²) < 4.78 is 1.24. The van der Waals surface area contributed by atoms with Gasteiger partial charge in [0.1, 0.15) is 0 Å². The molecule has 0 saturated carbocycles. The number of non-ortho nitro benzene ring substituents is 1. The van der Waals surface area contributed by atoms with E-state index in [2.05, 4.69) is 5.10 Å². The van der Waals surface area contributed by atoms with Gasteiger partial charge in [-0.3, -0.25) is 10.1 Å². The summed E-state index contributed by atoms with van der Waals surface area (Å²) in [5.41, 5.74) is 0.325. The molecule has 0 radical (unpaired) electrons. The first-order valence-corrected chi connectivity index (χ1v) is 5.22. The van der Waals surface area contributed by atoms with Crippen LogP contribution in [0.3, 0.4) is 0 Å². The first-order chi connectivity index (χ1) is 8.49. The van der Waals surface area contributed by atoms with Crippen LogP contribution in [0.2, 0.25) is 5.02 Å². The predicted molar refractivity (Wildman–Crippen MR) is 65.1 cm³/mol. The van der Waals surface area contributed by atoms with Crippen molar-refractivity contribution < 1.29 is 15.0 Å². The van der Waals surface area contributed by atoms with Crippen molar-refractivity contribution in [2.24, 2.45) is 0 Å². The van der Waals surface area contributed by atoms with Gasteiger partial charge in [0.05, 0.1) is 15.6 Å². The number of nitrogens with zero attached hydrogens (tertiary/aromatic N) is 3. The zero-order chi connectivity index (χ0) is 13.3. The number of hydrogen-bond donors (Lipinski definition) is 2. The Kier molecular flexibility index (Phi) is 3.33. The van der Waals surface area contributed by atoms with Crippen LogP contribution in [0.1, 0.15) is 0 Å². The lowest BCUT2D eigenvalue weighted by atomic mass is 9.83. The summed E-state index contributed by atoms with van der Waals surface area (Å²) in [5.74, 6) is 0. The van der Waals surface area contributed by atoms with Crippen molar-refractivity contribution in [2.75, 3.05) is 0 Å². The number of hydrogen-bond acceptors (Lipinski definition) is 5. The molecule has 2 aromatic rings. The first kappa shape index (κ1) is 12.6. The summed E-state index contributed by atoms with van der Waals surface area (Å²) in [5, 5.41) is 32.7. The maximum Gasteiger partial charge on any atom is 0.491 e. The van der Waals surface area contributed by atoms with Crippen LogP contribution in [-0.2, 0) is 0 Å². The zero-order valence-electron chi connectivity index (χ0n) is 8.89. The van der Waals surface area contributed by atoms with Crippen molar-refractivity contribution in [1.29, 1.82) is 0 Å². The van der Waals surface area contributed by atoms with Crippen LogP contribution in [0.4, 0.5) is 5.69 Å². The van der Waals surface area contributed by atoms with E-state index in [1.807, 2.05) is 0 Å². The highest BCUT2D eigenvalue weighted by atomic mass is 35.5. The zero-order valence-corrected chi connectivity index (χ0v) is 9.65. The standard InChI is InChI=1S/C9H7BClN3O4/c11-8-2-1-7(14(17)18)3-9(8)13-5-6(4-12-13)10(15)16/h1-5,15-16H. The molecule has 92 valence electrons. The molecule has 2 N–H and O–H groups in total. The maximum atomic E-state index is 10.7. The quantitative estimate of drug-likeness (QED) is 0.467.